The number of phenols is 1. The zero-order valence-electron chi connectivity index (χ0n) is 72.5. The fourth-order valence-corrected chi connectivity index (χ4v) is 18.8. The minimum Gasteiger partial charge on any atom is -0.508 e. The smallest absolute Gasteiger partial charge is 0.408 e. The zero-order valence-corrected chi connectivity index (χ0v) is 73.3. The first kappa shape index (κ1) is 98.0. The SMILES string of the molecule is CC(=O)N[C@H](CCCCNC(=O)COC1CCCCCc2c1nnn2CCOCCOCCOCCOCCC(=O)NCCS(=O)(=O)O)C(=O)N[C@H](C(=O)N[C@@H](CCCNC(N)=O)C(=O)Nc1ccc(COC(=O)N[C@@H](CO)C(=O)Nc2ccc3c(c2)[C@@]2(C)CCC[C@](C)(C(=O)NC(=O)[C@@]4(C)CCC[C@]5(C)c6cc(O)ccc6CC[C@@H]45)[C@@H]2CC3)cc1)C(C)C. The van der Waals surface area contributed by atoms with E-state index in [-0.39, 0.29) is 125 Å². The molecule has 0 bridgehead atoms. The van der Waals surface area contributed by atoms with Crippen molar-refractivity contribution < 1.29 is 104 Å². The summed E-state index contributed by atoms with van der Waals surface area (Å²) >= 11 is 0. The summed E-state index contributed by atoms with van der Waals surface area (Å²) in [4.78, 5) is 148. The van der Waals surface area contributed by atoms with Crippen LogP contribution in [0.3, 0.4) is 0 Å². The van der Waals surface area contributed by atoms with Gasteiger partial charge in [-0.05, 0) is 196 Å². The Morgan fingerprint density at radius 3 is 1.78 bits per heavy atom. The predicted octanol–water partition coefficient (Wildman–Crippen LogP) is 5.71. The number of hydrogen-bond donors (Lipinski definition) is 14. The molecule has 9 rings (SSSR count). The number of alkyl carbamates (subject to hydrolysis) is 1. The third kappa shape index (κ3) is 27.6. The Labute approximate surface area is 724 Å². The van der Waals surface area contributed by atoms with E-state index in [0.29, 0.717) is 101 Å². The number of nitrogens with one attached hydrogen (secondary N) is 10. The molecule has 36 nitrogen and oxygen atoms in total. The number of nitrogens with zero attached hydrogens (tertiary/aromatic N) is 3. The third-order valence-electron chi connectivity index (χ3n) is 25.1. The van der Waals surface area contributed by atoms with Crippen LogP contribution in [0.5, 0.6) is 5.75 Å². The quantitative estimate of drug-likeness (QED) is 0.0143. The number of carbonyl (C=O) groups is 11. The van der Waals surface area contributed by atoms with Crippen LogP contribution in [0.1, 0.15) is 209 Å². The molecule has 1 unspecified atom stereocenters. The molecule has 37 heteroatoms. The van der Waals surface area contributed by atoms with Gasteiger partial charge in [0, 0.05) is 44.4 Å². The minimum absolute atomic E-state index is 0.0136. The number of aryl methyl sites for hydroxylation is 2. The summed E-state index contributed by atoms with van der Waals surface area (Å²) in [6.07, 6.45) is 11.2. The average Bonchev–Trinajstić information content (AvgIpc) is 0.841. The molecule has 684 valence electrons. The second-order valence-corrected chi connectivity index (χ2v) is 36.0. The second kappa shape index (κ2) is 46.5. The van der Waals surface area contributed by atoms with Gasteiger partial charge in [0.2, 0.25) is 53.2 Å². The van der Waals surface area contributed by atoms with E-state index in [1.165, 1.54) is 24.6 Å². The molecule has 2 saturated carbocycles. The summed E-state index contributed by atoms with van der Waals surface area (Å²) in [5.74, 6) is -5.56. The van der Waals surface area contributed by atoms with Gasteiger partial charge in [0.1, 0.15) is 54.9 Å². The number of aromatic nitrogens is 3. The van der Waals surface area contributed by atoms with Crippen molar-refractivity contribution in [3.05, 3.63) is 99.9 Å². The highest BCUT2D eigenvalue weighted by Gasteiger charge is 2.59. The molecule has 124 heavy (non-hydrogen) atoms. The number of aliphatic hydroxyl groups excluding tert-OH is 1. The predicted molar refractivity (Wildman–Crippen MR) is 456 cm³/mol. The van der Waals surface area contributed by atoms with Gasteiger partial charge in [-0.3, -0.25) is 53.0 Å². The summed E-state index contributed by atoms with van der Waals surface area (Å²) in [7, 11) is -4.15. The van der Waals surface area contributed by atoms with Crippen LogP contribution in [-0.4, -0.2) is 219 Å². The van der Waals surface area contributed by atoms with Gasteiger partial charge in [-0.2, -0.15) is 8.42 Å². The molecular weight excluding hydrogens is 1630 g/mol. The number of aromatic hydroxyl groups is 1. The minimum atomic E-state index is -4.15. The van der Waals surface area contributed by atoms with Gasteiger partial charge in [0.05, 0.1) is 88.3 Å². The van der Waals surface area contributed by atoms with Crippen LogP contribution in [0, 0.1) is 28.6 Å². The number of amides is 12. The first-order valence-electron chi connectivity index (χ1n) is 43.5. The monoisotopic (exact) mass is 1750 g/mol. The van der Waals surface area contributed by atoms with Gasteiger partial charge in [-0.25, -0.2) is 14.3 Å². The van der Waals surface area contributed by atoms with Crippen LogP contribution < -0.4 is 58.9 Å². The van der Waals surface area contributed by atoms with Crippen LogP contribution >= 0.6 is 0 Å². The normalized spacial score (nSPS) is 21.8. The molecule has 0 radical (unpaired) electrons. The summed E-state index contributed by atoms with van der Waals surface area (Å²) in [5.41, 5.74) is 9.87. The zero-order chi connectivity index (χ0) is 89.8. The van der Waals surface area contributed by atoms with Crippen molar-refractivity contribution in [1.82, 2.24) is 57.5 Å². The number of nitrogens with two attached hydrogens (primary N) is 1. The van der Waals surface area contributed by atoms with Crippen LogP contribution in [0.4, 0.5) is 21.0 Å². The Hall–Kier alpha value is -9.76. The van der Waals surface area contributed by atoms with E-state index in [2.05, 4.69) is 77.3 Å². The maximum Gasteiger partial charge on any atom is 0.408 e. The molecule has 3 aromatic carbocycles. The lowest BCUT2D eigenvalue weighted by atomic mass is 9.49. The van der Waals surface area contributed by atoms with Crippen molar-refractivity contribution in [2.75, 3.05) is 102 Å². The number of imide groups is 1. The number of anilines is 2. The van der Waals surface area contributed by atoms with E-state index < -0.39 is 122 Å². The standard InChI is InChI=1S/C87H128N14O22S/c1-55(2)74(97-77(108)65(92-56(3)103)16-11-12-37-89-73(106)54-122-69-19-10-8-9-18-68-75(69)99-100-101(68)40-42-119-44-46-121-48-47-120-45-43-118-41-32-72(105)90-39-49-124(115,116)117)79(110)95-66(17-13-38-91-82(88)113)76(107)93-60-26-20-57(21-27-60)53-123-83(114)96-67(52-102)78(109)94-61-28-22-58-24-30-70-84(4,63(58)50-61)33-14-35-86(70,6)80(111)98-81(112)87(7)36-15-34-85(5)64-51-62(104)29-23-59(64)25-31-71(85)87/h20-23,26-29,50-51,55,65-67,69-71,74,102,104H,8-19,24-25,30-49,52-54H2,1-7H3,(H,89,106)(H,90,105)(H,92,103)(H,93,107)(H,94,109)(H,95,110)(H,96,114)(H,97,108)(H3,88,91,113)(H,98,111,112)(H,115,116,117)/t65-,66+,67+,69?,70-,71-,74+,84-,85-,86+,87+/m1/s1. The topological polar surface area (TPSA) is 515 Å². The summed E-state index contributed by atoms with van der Waals surface area (Å²) in [6, 6.07) is 11.7. The van der Waals surface area contributed by atoms with Crippen molar-refractivity contribution >= 4 is 86.8 Å². The molecule has 1 heterocycles. The molecule has 1 aromatic heterocycles. The Morgan fingerprint density at radius 1 is 0.589 bits per heavy atom. The molecule has 0 aliphatic heterocycles. The molecule has 5 aliphatic carbocycles. The number of ether oxygens (including phenoxy) is 6. The van der Waals surface area contributed by atoms with Crippen molar-refractivity contribution in [2.24, 2.45) is 34.3 Å². The lowest BCUT2D eigenvalue weighted by Gasteiger charge is -2.56. The van der Waals surface area contributed by atoms with E-state index in [9.17, 15) is 71.4 Å². The number of phenolic OH excluding ortho intramolecular Hbond substituents is 1. The number of hydrogen-bond acceptors (Lipinski definition) is 23. The van der Waals surface area contributed by atoms with E-state index in [4.69, 9.17) is 38.7 Å². The second-order valence-electron chi connectivity index (χ2n) is 34.4. The van der Waals surface area contributed by atoms with Gasteiger partial charge in [-0.1, -0.05) is 96.7 Å². The van der Waals surface area contributed by atoms with Gasteiger partial charge >= 0.3 is 12.1 Å². The van der Waals surface area contributed by atoms with Crippen molar-refractivity contribution in [3.63, 3.8) is 0 Å². The first-order valence-corrected chi connectivity index (χ1v) is 45.1. The van der Waals surface area contributed by atoms with Gasteiger partial charge in [0.25, 0.3) is 10.1 Å². The van der Waals surface area contributed by atoms with E-state index in [1.54, 1.807) is 42.8 Å². The van der Waals surface area contributed by atoms with Crippen LogP contribution in [0.2, 0.25) is 0 Å². The number of aliphatic hydroxyl groups is 1. The summed E-state index contributed by atoms with van der Waals surface area (Å²) in [6.45, 7) is 14.6. The highest BCUT2D eigenvalue weighted by molar-refractivity contribution is 7.85. The maximum atomic E-state index is 14.8. The third-order valence-corrected chi connectivity index (χ3v) is 25.8. The lowest BCUT2D eigenvalue weighted by Crippen LogP contribution is -2.60. The molecule has 11 atom stereocenters. The van der Waals surface area contributed by atoms with Gasteiger partial charge in [0.15, 0.2) is 0 Å². The number of benzene rings is 3. The summed E-state index contributed by atoms with van der Waals surface area (Å²) in [5, 5.41) is 56.8. The molecule has 15 N–H and O–H groups in total. The molecule has 4 aromatic rings. The van der Waals surface area contributed by atoms with Crippen LogP contribution in [0.25, 0.3) is 0 Å². The van der Waals surface area contributed by atoms with Crippen molar-refractivity contribution in [2.45, 2.75) is 238 Å². The Balaban J connectivity index is 0.683. The number of unbranched alkanes of at least 4 members (excludes halogenated alkanes) is 1. The van der Waals surface area contributed by atoms with E-state index in [1.807, 2.05) is 38.1 Å². The van der Waals surface area contributed by atoms with Gasteiger partial charge < -0.3 is 92.2 Å². The highest BCUT2D eigenvalue weighted by Crippen LogP contribution is 2.60. The van der Waals surface area contributed by atoms with Crippen molar-refractivity contribution in [1.29, 1.82) is 0 Å². The molecule has 5 aliphatic rings. The van der Waals surface area contributed by atoms with Gasteiger partial charge in [-0.15, -0.1) is 5.10 Å². The molecule has 0 spiro atoms. The Bertz CT molecular complexity index is 4460. The fourth-order valence-electron chi connectivity index (χ4n) is 18.5. The largest absolute Gasteiger partial charge is 0.508 e. The van der Waals surface area contributed by atoms with Crippen molar-refractivity contribution in [3.8, 4) is 5.75 Å². The highest BCUT2D eigenvalue weighted by atomic mass is 32.2. The first-order chi connectivity index (χ1) is 59.1. The van der Waals surface area contributed by atoms with E-state index in [0.717, 1.165) is 86.6 Å². The van der Waals surface area contributed by atoms with Crippen LogP contribution in [-0.2, 0) is 125 Å². The maximum absolute atomic E-state index is 14.8. The number of primary amides is 1. The Kier molecular flexibility index (Phi) is 36.7. The molecule has 2 fully saturated rings. The van der Waals surface area contributed by atoms with E-state index >= 15 is 0 Å². The molecular formula is C87H128N14O22S. The fraction of sp³-hybridized carbons (Fsp3) is 0.644. The number of carbonyl (C=O) groups excluding carboxylic acids is 11. The average molecular weight is 1750 g/mol. The summed E-state index contributed by atoms with van der Waals surface area (Å²) < 4.78 is 65.9. The number of fused-ring (bicyclic) bond motifs is 7. The molecule has 12 amide bonds. The van der Waals surface area contributed by atoms with Crippen LogP contribution in [0.15, 0.2) is 60.7 Å². The number of urea groups is 1. The molecule has 0 saturated heterocycles. The number of rotatable bonds is 46. The lowest BCUT2D eigenvalue weighted by molar-refractivity contribution is -0.150. The Morgan fingerprint density at radius 2 is 1.16 bits per heavy atom.